The smallest absolute Gasteiger partial charge is 0.196 e. The standard InChI is InChI=1S/C17H9Cl2FN4S/c18-10-1-6-13(14(19)7-10)16-9-25-17(22-16)15(8-21)24-23-12-4-2-11(20)3-5-12/h1-7,9,23H/b24-15-. The van der Waals surface area contributed by atoms with Crippen molar-refractivity contribution < 1.29 is 4.39 Å². The Balaban J connectivity index is 1.85. The second kappa shape index (κ2) is 7.62. The van der Waals surface area contributed by atoms with Crippen LogP contribution >= 0.6 is 34.5 Å². The van der Waals surface area contributed by atoms with E-state index >= 15 is 0 Å². The Morgan fingerprint density at radius 3 is 2.64 bits per heavy atom. The summed E-state index contributed by atoms with van der Waals surface area (Å²) in [5.74, 6) is -0.348. The summed E-state index contributed by atoms with van der Waals surface area (Å²) in [5, 5.41) is 16.6. The van der Waals surface area contributed by atoms with Gasteiger partial charge in [-0.05, 0) is 42.5 Å². The fourth-order valence-corrected chi connectivity index (χ4v) is 3.23. The van der Waals surface area contributed by atoms with Crippen molar-refractivity contribution in [2.24, 2.45) is 5.10 Å². The van der Waals surface area contributed by atoms with E-state index < -0.39 is 0 Å². The summed E-state index contributed by atoms with van der Waals surface area (Å²) in [6.07, 6.45) is 0. The molecule has 0 aliphatic rings. The summed E-state index contributed by atoms with van der Waals surface area (Å²) >= 11 is 13.3. The minimum atomic E-state index is -0.348. The van der Waals surface area contributed by atoms with Crippen LogP contribution in [0, 0.1) is 17.1 Å². The number of hydrazone groups is 1. The van der Waals surface area contributed by atoms with Crippen LogP contribution in [0.1, 0.15) is 5.01 Å². The van der Waals surface area contributed by atoms with Crippen LogP contribution in [-0.2, 0) is 0 Å². The first-order valence-corrected chi connectivity index (χ1v) is 8.61. The molecule has 0 fully saturated rings. The summed E-state index contributed by atoms with van der Waals surface area (Å²) in [6.45, 7) is 0. The van der Waals surface area contributed by atoms with E-state index in [1.165, 1.54) is 35.6 Å². The zero-order valence-electron chi connectivity index (χ0n) is 12.5. The van der Waals surface area contributed by atoms with Gasteiger partial charge in [-0.1, -0.05) is 23.2 Å². The van der Waals surface area contributed by atoms with Gasteiger partial charge in [-0.2, -0.15) is 10.4 Å². The second-order valence-electron chi connectivity index (χ2n) is 4.85. The second-order valence-corrected chi connectivity index (χ2v) is 6.55. The van der Waals surface area contributed by atoms with Crippen LogP contribution in [0.25, 0.3) is 11.3 Å². The fraction of sp³-hybridized carbons (Fsp3) is 0. The third kappa shape index (κ3) is 4.15. The summed E-state index contributed by atoms with van der Waals surface area (Å²) in [5.41, 5.74) is 4.74. The van der Waals surface area contributed by atoms with Crippen LogP contribution in [0.15, 0.2) is 52.9 Å². The Morgan fingerprint density at radius 1 is 1.20 bits per heavy atom. The van der Waals surface area contributed by atoms with E-state index in [0.29, 0.717) is 26.4 Å². The molecule has 0 unspecified atom stereocenters. The number of hydrogen-bond acceptors (Lipinski definition) is 5. The monoisotopic (exact) mass is 390 g/mol. The van der Waals surface area contributed by atoms with E-state index in [4.69, 9.17) is 23.2 Å². The number of hydrogen-bond donors (Lipinski definition) is 1. The highest BCUT2D eigenvalue weighted by atomic mass is 35.5. The third-order valence-electron chi connectivity index (χ3n) is 3.16. The van der Waals surface area contributed by atoms with Gasteiger partial charge < -0.3 is 0 Å². The minimum absolute atomic E-state index is 0.116. The lowest BCUT2D eigenvalue weighted by Crippen LogP contribution is -2.01. The Hall–Kier alpha value is -2.46. The largest absolute Gasteiger partial charge is 0.277 e. The Kier molecular flexibility index (Phi) is 5.29. The van der Waals surface area contributed by atoms with Crippen LogP contribution in [0.3, 0.4) is 0 Å². The Labute approximate surface area is 157 Å². The SMILES string of the molecule is N#C/C(=N/Nc1ccc(F)cc1)c1nc(-c2ccc(Cl)cc2Cl)cs1. The van der Waals surface area contributed by atoms with E-state index in [-0.39, 0.29) is 11.5 Å². The highest BCUT2D eigenvalue weighted by Gasteiger charge is 2.13. The zero-order valence-corrected chi connectivity index (χ0v) is 14.8. The Morgan fingerprint density at radius 2 is 1.96 bits per heavy atom. The van der Waals surface area contributed by atoms with Crippen LogP contribution in [-0.4, -0.2) is 10.7 Å². The molecule has 0 aliphatic heterocycles. The number of nitrogens with zero attached hydrogens (tertiary/aromatic N) is 3. The van der Waals surface area contributed by atoms with Gasteiger partial charge in [-0.3, -0.25) is 5.43 Å². The zero-order chi connectivity index (χ0) is 17.8. The molecule has 0 bridgehead atoms. The van der Waals surface area contributed by atoms with E-state index in [2.05, 4.69) is 15.5 Å². The van der Waals surface area contributed by atoms with Crippen molar-refractivity contribution in [3.05, 3.63) is 68.7 Å². The highest BCUT2D eigenvalue weighted by molar-refractivity contribution is 7.12. The van der Waals surface area contributed by atoms with Crippen molar-refractivity contribution >= 4 is 45.9 Å². The van der Waals surface area contributed by atoms with Gasteiger partial charge in [0.25, 0.3) is 0 Å². The summed E-state index contributed by atoms with van der Waals surface area (Å²) in [4.78, 5) is 4.41. The molecule has 1 heterocycles. The molecule has 3 aromatic rings. The first-order chi connectivity index (χ1) is 12.1. The highest BCUT2D eigenvalue weighted by Crippen LogP contribution is 2.31. The maximum Gasteiger partial charge on any atom is 0.196 e. The molecular weight excluding hydrogens is 382 g/mol. The van der Waals surface area contributed by atoms with Crippen molar-refractivity contribution in [2.45, 2.75) is 0 Å². The molecule has 4 nitrogen and oxygen atoms in total. The normalized spacial score (nSPS) is 11.2. The maximum atomic E-state index is 12.9. The molecule has 124 valence electrons. The van der Waals surface area contributed by atoms with E-state index in [9.17, 15) is 9.65 Å². The molecule has 0 aliphatic carbocycles. The third-order valence-corrected chi connectivity index (χ3v) is 4.56. The topological polar surface area (TPSA) is 61.1 Å². The van der Waals surface area contributed by atoms with Gasteiger partial charge in [0.05, 0.1) is 16.4 Å². The molecule has 3 rings (SSSR count). The van der Waals surface area contributed by atoms with E-state index in [1.54, 1.807) is 23.6 Å². The van der Waals surface area contributed by atoms with Crippen molar-refractivity contribution in [1.82, 2.24) is 4.98 Å². The first-order valence-electron chi connectivity index (χ1n) is 6.97. The van der Waals surface area contributed by atoms with Crippen molar-refractivity contribution in [3.8, 4) is 17.3 Å². The van der Waals surface area contributed by atoms with Crippen LogP contribution < -0.4 is 5.43 Å². The fourth-order valence-electron chi connectivity index (χ4n) is 1.97. The van der Waals surface area contributed by atoms with E-state index in [1.807, 2.05) is 6.07 Å². The molecule has 0 saturated carbocycles. The number of nitriles is 1. The van der Waals surface area contributed by atoms with Gasteiger partial charge in [0.1, 0.15) is 11.9 Å². The van der Waals surface area contributed by atoms with Crippen LogP contribution in [0.5, 0.6) is 0 Å². The van der Waals surface area contributed by atoms with Gasteiger partial charge >= 0.3 is 0 Å². The number of halogens is 3. The Bertz CT molecular complexity index is 977. The predicted molar refractivity (Wildman–Crippen MR) is 99.7 cm³/mol. The molecule has 1 N–H and O–H groups in total. The lowest BCUT2D eigenvalue weighted by atomic mass is 10.2. The number of thiazole rings is 1. The van der Waals surface area contributed by atoms with Crippen LogP contribution in [0.2, 0.25) is 10.0 Å². The summed E-state index contributed by atoms with van der Waals surface area (Å²) in [6, 6.07) is 12.8. The molecule has 2 aromatic carbocycles. The molecule has 25 heavy (non-hydrogen) atoms. The van der Waals surface area contributed by atoms with Crippen LogP contribution in [0.4, 0.5) is 10.1 Å². The van der Waals surface area contributed by atoms with Gasteiger partial charge in [0, 0.05) is 16.0 Å². The molecule has 1 aromatic heterocycles. The lowest BCUT2D eigenvalue weighted by molar-refractivity contribution is 0.628. The van der Waals surface area contributed by atoms with Gasteiger partial charge in [-0.15, -0.1) is 11.3 Å². The number of aromatic nitrogens is 1. The molecule has 0 spiro atoms. The average Bonchev–Trinajstić information content (AvgIpc) is 3.06. The minimum Gasteiger partial charge on any atom is -0.277 e. The number of rotatable bonds is 4. The molecule has 0 amide bonds. The van der Waals surface area contributed by atoms with Crippen molar-refractivity contribution in [3.63, 3.8) is 0 Å². The van der Waals surface area contributed by atoms with Gasteiger partial charge in [0.2, 0.25) is 0 Å². The quantitative estimate of drug-likeness (QED) is 0.466. The van der Waals surface area contributed by atoms with Gasteiger partial charge in [-0.25, -0.2) is 9.37 Å². The van der Waals surface area contributed by atoms with E-state index in [0.717, 1.165) is 5.56 Å². The molecular formula is C17H9Cl2FN4S. The van der Waals surface area contributed by atoms with Gasteiger partial charge in [0.15, 0.2) is 10.7 Å². The molecule has 0 saturated heterocycles. The molecule has 8 heteroatoms. The van der Waals surface area contributed by atoms with Crippen molar-refractivity contribution in [2.75, 3.05) is 5.43 Å². The summed E-state index contributed by atoms with van der Waals surface area (Å²) < 4.78 is 12.9. The van der Waals surface area contributed by atoms with Crippen molar-refractivity contribution in [1.29, 1.82) is 5.26 Å². The molecule has 0 atom stereocenters. The lowest BCUT2D eigenvalue weighted by Gasteiger charge is -2.01. The molecule has 0 radical (unpaired) electrons. The maximum absolute atomic E-state index is 12.9. The number of anilines is 1. The summed E-state index contributed by atoms with van der Waals surface area (Å²) in [7, 11) is 0. The average molecular weight is 391 g/mol. The number of nitrogens with one attached hydrogen (secondary N) is 1. The first kappa shape index (κ1) is 17.4. The number of benzene rings is 2. The predicted octanol–water partition coefficient (Wildman–Crippen LogP) is 5.60.